The number of aromatic nitrogens is 4. The number of hydrogen-bond acceptors (Lipinski definition) is 5. The van der Waals surface area contributed by atoms with E-state index in [0.29, 0.717) is 46.1 Å². The van der Waals surface area contributed by atoms with Crippen LogP contribution in [-0.2, 0) is 21.7 Å². The molecule has 17 aliphatic rings. The van der Waals surface area contributed by atoms with E-state index in [4.69, 9.17) is 0 Å². The minimum Gasteiger partial charge on any atom is -0.309 e. The van der Waals surface area contributed by atoms with E-state index in [-0.39, 0.29) is 10.8 Å². The van der Waals surface area contributed by atoms with Crippen LogP contribution in [0, 0.1) is 69.1 Å². The highest BCUT2D eigenvalue weighted by Crippen LogP contribution is 2.66. The molecule has 4 saturated carbocycles. The Morgan fingerprint density at radius 3 is 0.992 bits per heavy atom. The third kappa shape index (κ3) is 12.0. The van der Waals surface area contributed by atoms with Crippen LogP contribution < -0.4 is 0 Å². The van der Waals surface area contributed by atoms with Crippen molar-refractivity contribution in [2.45, 2.75) is 222 Å². The van der Waals surface area contributed by atoms with E-state index in [2.05, 4.69) is 379 Å². The summed E-state index contributed by atoms with van der Waals surface area (Å²) in [4.78, 5) is 14.2. The molecular formula is C122H131N9. The molecule has 18 unspecified atom stereocenters. The lowest BCUT2D eigenvalue weighted by molar-refractivity contribution is -0.182. The number of para-hydroxylation sites is 8. The minimum absolute atomic E-state index is 0.258. The summed E-state index contributed by atoms with van der Waals surface area (Å²) >= 11 is 0. The van der Waals surface area contributed by atoms with Crippen molar-refractivity contribution in [2.24, 2.45) is 41.4 Å². The average molecular weight is 1720 g/mol. The average Bonchev–Trinajstić information content (AvgIpc) is 1.60. The Balaban J connectivity index is 0.0000000919. The van der Waals surface area contributed by atoms with E-state index in [1.54, 1.807) is 22.3 Å². The highest BCUT2D eigenvalue weighted by Gasteiger charge is 2.66. The van der Waals surface area contributed by atoms with Gasteiger partial charge < -0.3 is 18.3 Å². The Kier molecular flexibility index (Phi) is 18.7. The summed E-state index contributed by atoms with van der Waals surface area (Å²) in [6.45, 7) is 34.9. The van der Waals surface area contributed by atoms with E-state index in [1.807, 2.05) is 0 Å². The molecule has 16 aromatic rings. The van der Waals surface area contributed by atoms with E-state index in [0.717, 1.165) is 48.1 Å². The molecule has 16 bridgehead atoms. The van der Waals surface area contributed by atoms with E-state index >= 15 is 0 Å². The summed E-state index contributed by atoms with van der Waals surface area (Å²) < 4.78 is 9.83. The van der Waals surface area contributed by atoms with Crippen LogP contribution in [0.4, 0.5) is 0 Å². The largest absolute Gasteiger partial charge is 0.309 e. The molecule has 33 rings (SSSR count). The maximum absolute atomic E-state index is 3.06. The Morgan fingerprint density at radius 1 is 0.267 bits per heavy atom. The number of hydrogen-bond donors (Lipinski definition) is 0. The number of rotatable bonds is 8. The number of nitrogens with zero attached hydrogens (tertiary/aromatic N) is 9. The van der Waals surface area contributed by atoms with Crippen LogP contribution in [-0.4, -0.2) is 130 Å². The van der Waals surface area contributed by atoms with E-state index < -0.39 is 0 Å². The fraction of sp³-hybridized carbons (Fsp3) is 0.410. The summed E-state index contributed by atoms with van der Waals surface area (Å²) in [5, 5.41) is 11.1. The molecule has 9 nitrogen and oxygen atoms in total. The molecule has 131 heavy (non-hydrogen) atoms. The molecular weight excluding hydrogens is 1590 g/mol. The number of benzene rings is 12. The van der Waals surface area contributed by atoms with Gasteiger partial charge in [0.1, 0.15) is 0 Å². The molecule has 0 radical (unpaired) electrons. The Hall–Kier alpha value is -10.4. The highest BCUT2D eigenvalue weighted by molar-refractivity contribution is 6.13. The predicted octanol–water partition coefficient (Wildman–Crippen LogP) is 27.2. The van der Waals surface area contributed by atoms with Crippen molar-refractivity contribution < 1.29 is 0 Å². The van der Waals surface area contributed by atoms with Gasteiger partial charge >= 0.3 is 0 Å². The summed E-state index contributed by atoms with van der Waals surface area (Å²) in [5.41, 5.74) is 30.0. The van der Waals surface area contributed by atoms with Crippen LogP contribution in [0.2, 0.25) is 0 Å². The normalized spacial score (nSPS) is 32.0. The van der Waals surface area contributed by atoms with Crippen molar-refractivity contribution in [3.8, 4) is 22.7 Å². The SMILES string of the molecule is Cc1cc2c(cc1C13CC4CC(C1)C(C)(C)N(C4)C3C)c1ccccc1n2-c1ccccc1.Cc1cc2c(cc1C13CC4CC(C1)C1(CCCCC1)N(C4)C3C)c1ccccc1n2-c1ccccc1.Cc1cc2c(cc1C13CC4CC(CN(C4)C1C)C3)c1ccccc1n2-c1ccccc1.Cc1cc2c(cc1C13CC4CN(CN(C4)C1C)C3)c1ccccc1n2-c1ccccc1. The topological polar surface area (TPSA) is 35.9 Å². The molecule has 13 saturated heterocycles. The van der Waals surface area contributed by atoms with Gasteiger partial charge in [-0.15, -0.1) is 0 Å². The maximum Gasteiger partial charge on any atom is 0.0543 e. The molecule has 4 aliphatic carbocycles. The first-order chi connectivity index (χ1) is 63.8. The summed E-state index contributed by atoms with van der Waals surface area (Å²) in [6.07, 6.45) is 21.2. The molecule has 0 amide bonds. The number of aryl methyl sites for hydroxylation is 4. The highest BCUT2D eigenvalue weighted by atomic mass is 15.4. The van der Waals surface area contributed by atoms with Gasteiger partial charge in [-0.1, -0.05) is 165 Å². The van der Waals surface area contributed by atoms with Gasteiger partial charge in [0.2, 0.25) is 0 Å². The van der Waals surface area contributed by atoms with Crippen LogP contribution in [0.3, 0.4) is 0 Å². The van der Waals surface area contributed by atoms with Gasteiger partial charge in [-0.2, -0.15) is 0 Å². The minimum atomic E-state index is 0.258. The van der Waals surface area contributed by atoms with E-state index in [9.17, 15) is 0 Å². The Bertz CT molecular complexity index is 6980. The maximum atomic E-state index is 3.06. The van der Waals surface area contributed by atoms with Crippen molar-refractivity contribution in [3.63, 3.8) is 0 Å². The second-order valence-corrected chi connectivity index (χ2v) is 45.2. The lowest BCUT2D eigenvalue weighted by Crippen LogP contribution is -2.75. The zero-order chi connectivity index (χ0) is 88.1. The van der Waals surface area contributed by atoms with Gasteiger partial charge in [-0.05, 0) is 354 Å². The van der Waals surface area contributed by atoms with Crippen molar-refractivity contribution in [3.05, 3.63) is 311 Å². The molecule has 1 spiro atoms. The van der Waals surface area contributed by atoms with Gasteiger partial charge in [-0.25, -0.2) is 0 Å². The van der Waals surface area contributed by atoms with Gasteiger partial charge in [0, 0.05) is 169 Å². The molecule has 12 aromatic carbocycles. The van der Waals surface area contributed by atoms with Crippen LogP contribution in [0.25, 0.3) is 110 Å². The standard InChI is InChI=1S/C34H38N2.C31H34N2.C29H30N2.C28H29N3/c1-23-17-32-29(28-13-7-8-14-31(28)36(32)27-11-5-3-6-12-27)19-30(23)33-20-25-18-26(21-33)34(15-9-4-10-16-34)35(22-25)24(33)2;1-20-14-29-26(25-12-8-9-13-28(25)33(29)24-10-6-5-7-11-24)16-27(20)31-17-22-15-23(18-31)30(3,4)32(19-22)21(31)2;1-19-12-28-25(24-10-6-7-11-27(24)31(28)23-8-4-3-5-9-23)14-26(19)29-15-21-13-22(16-29)18-30(17-21)20(29)2;1-19-12-27-24(23-10-6-7-11-26(23)31(27)22-8-4-3-5-9-22)13-25(19)28-14-21-15-29(17-28)18-30(16-21)20(28)2/h3,5-8,11-14,17,19,24-26H,4,9-10,15-16,18,20-22H2,1-2H3;5-14,16,21-23H,15,17-19H2,1-4H3;3-12,14,20-22H,13,15-18H2,1-2H3;3-13,20-21H,14-18H2,1-2H3. The first-order valence-corrected chi connectivity index (χ1v) is 50.9. The van der Waals surface area contributed by atoms with Gasteiger partial charge in [0.15, 0.2) is 0 Å². The Labute approximate surface area is 775 Å². The predicted molar refractivity (Wildman–Crippen MR) is 545 cm³/mol. The molecule has 13 aliphatic heterocycles. The second-order valence-electron chi connectivity index (χ2n) is 45.2. The van der Waals surface area contributed by atoms with Crippen molar-refractivity contribution >= 4 is 87.2 Å². The zero-order valence-corrected chi connectivity index (χ0v) is 79.0. The fourth-order valence-electron chi connectivity index (χ4n) is 33.1. The molecule has 9 heteroatoms. The smallest absolute Gasteiger partial charge is 0.0543 e. The van der Waals surface area contributed by atoms with Gasteiger partial charge in [-0.3, -0.25) is 24.5 Å². The lowest BCUT2D eigenvalue weighted by Gasteiger charge is -2.71. The summed E-state index contributed by atoms with van der Waals surface area (Å²) in [5.74, 6) is 6.04. The number of fused-ring (bicyclic) bond motifs is 12. The third-order valence-corrected chi connectivity index (χ3v) is 38.5. The van der Waals surface area contributed by atoms with Crippen LogP contribution in [0.1, 0.15) is 182 Å². The van der Waals surface area contributed by atoms with Crippen molar-refractivity contribution in [1.29, 1.82) is 0 Å². The van der Waals surface area contributed by atoms with Crippen LogP contribution in [0.5, 0.6) is 0 Å². The van der Waals surface area contributed by atoms with Crippen LogP contribution in [0.15, 0.2) is 267 Å². The molecule has 4 aromatic heterocycles. The zero-order valence-electron chi connectivity index (χ0n) is 79.0. The molecule has 664 valence electrons. The molecule has 17 fully saturated rings. The quantitative estimate of drug-likeness (QED) is 0.152. The molecule has 17 heterocycles. The first kappa shape index (κ1) is 81.4. The van der Waals surface area contributed by atoms with Crippen molar-refractivity contribution in [1.82, 2.24) is 42.8 Å². The lowest BCUT2D eigenvalue weighted by atomic mass is 9.47. The monoisotopic (exact) mass is 1720 g/mol. The second kappa shape index (κ2) is 30.1. The molecule has 18 atom stereocenters. The van der Waals surface area contributed by atoms with Gasteiger partial charge in [0.25, 0.3) is 0 Å². The Morgan fingerprint density at radius 2 is 0.588 bits per heavy atom. The number of piperidine rings is 11. The van der Waals surface area contributed by atoms with Crippen LogP contribution >= 0.6 is 0 Å². The van der Waals surface area contributed by atoms with Crippen molar-refractivity contribution in [2.75, 3.05) is 52.5 Å². The first-order valence-electron chi connectivity index (χ1n) is 50.9. The summed E-state index contributed by atoms with van der Waals surface area (Å²) in [7, 11) is 0. The fourth-order valence-corrected chi connectivity index (χ4v) is 33.1. The summed E-state index contributed by atoms with van der Waals surface area (Å²) in [6, 6.07) is 102. The van der Waals surface area contributed by atoms with E-state index in [1.165, 1.54) is 274 Å². The molecule has 0 N–H and O–H groups in total. The van der Waals surface area contributed by atoms with Gasteiger partial charge in [0.05, 0.1) is 50.8 Å². The third-order valence-electron chi connectivity index (χ3n) is 38.5.